The average molecular weight is 133 g/mol. The SMILES string of the molecule is C[B]c1cc(C)cnc1N. The largest absolute Gasteiger partial charge is 0.384 e. The highest BCUT2D eigenvalue weighted by Gasteiger charge is 1.96. The maximum absolute atomic E-state index is 5.56. The standard InChI is InChI=1S/C7H10BN2/c1-5-3-6(8-2)7(9)10-4-5/h3-4H,1-2H3,(H2,9,10). The Hall–Kier alpha value is -0.985. The quantitative estimate of drug-likeness (QED) is 0.561. The summed E-state index contributed by atoms with van der Waals surface area (Å²) in [7, 11) is 1.95. The van der Waals surface area contributed by atoms with E-state index in [0.29, 0.717) is 5.82 Å². The van der Waals surface area contributed by atoms with Crippen molar-refractivity contribution in [2.24, 2.45) is 0 Å². The van der Waals surface area contributed by atoms with E-state index >= 15 is 0 Å². The third-order valence-electron chi connectivity index (χ3n) is 1.40. The Morgan fingerprint density at radius 2 is 2.30 bits per heavy atom. The lowest BCUT2D eigenvalue weighted by atomic mass is 9.73. The molecular weight excluding hydrogens is 123 g/mol. The molecule has 0 saturated heterocycles. The highest BCUT2D eigenvalue weighted by molar-refractivity contribution is 6.53. The molecule has 0 aliphatic rings. The Labute approximate surface area is 61.7 Å². The number of hydrogen-bond acceptors (Lipinski definition) is 2. The second kappa shape index (κ2) is 2.73. The maximum atomic E-state index is 5.56. The molecule has 0 aromatic carbocycles. The zero-order valence-corrected chi connectivity index (χ0v) is 6.26. The molecule has 1 aromatic heterocycles. The summed E-state index contributed by atoms with van der Waals surface area (Å²) in [5.74, 6) is 0.605. The van der Waals surface area contributed by atoms with Gasteiger partial charge < -0.3 is 5.73 Å². The van der Waals surface area contributed by atoms with Crippen molar-refractivity contribution < 1.29 is 0 Å². The van der Waals surface area contributed by atoms with Crippen LogP contribution >= 0.6 is 0 Å². The van der Waals surface area contributed by atoms with Gasteiger partial charge in [-0.3, -0.25) is 0 Å². The number of pyridine rings is 1. The lowest BCUT2D eigenvalue weighted by Crippen LogP contribution is -2.17. The molecule has 0 aliphatic heterocycles. The monoisotopic (exact) mass is 133 g/mol. The van der Waals surface area contributed by atoms with Crippen LogP contribution in [-0.4, -0.2) is 12.3 Å². The van der Waals surface area contributed by atoms with Gasteiger partial charge in [-0.2, -0.15) is 0 Å². The van der Waals surface area contributed by atoms with Crippen LogP contribution in [0.15, 0.2) is 12.3 Å². The summed E-state index contributed by atoms with van der Waals surface area (Å²) < 4.78 is 0. The number of rotatable bonds is 1. The zero-order valence-electron chi connectivity index (χ0n) is 6.26. The van der Waals surface area contributed by atoms with E-state index < -0.39 is 0 Å². The van der Waals surface area contributed by atoms with E-state index in [1.54, 1.807) is 6.20 Å². The summed E-state index contributed by atoms with van der Waals surface area (Å²) in [5.41, 5.74) is 7.71. The molecule has 2 N–H and O–H groups in total. The Morgan fingerprint density at radius 1 is 1.60 bits per heavy atom. The molecule has 3 heteroatoms. The van der Waals surface area contributed by atoms with Crippen LogP contribution in [0.3, 0.4) is 0 Å². The van der Waals surface area contributed by atoms with Crippen molar-refractivity contribution in [3.8, 4) is 0 Å². The Morgan fingerprint density at radius 3 is 2.80 bits per heavy atom. The van der Waals surface area contributed by atoms with Gasteiger partial charge in [-0.1, -0.05) is 12.9 Å². The van der Waals surface area contributed by atoms with Crippen molar-refractivity contribution >= 4 is 18.6 Å². The number of hydrogen-bond donors (Lipinski definition) is 1. The van der Waals surface area contributed by atoms with Crippen molar-refractivity contribution in [3.63, 3.8) is 0 Å². The topological polar surface area (TPSA) is 38.9 Å². The van der Waals surface area contributed by atoms with Crippen molar-refractivity contribution in [2.75, 3.05) is 5.73 Å². The number of nitrogen functional groups attached to an aromatic ring is 1. The molecule has 0 spiro atoms. The molecule has 0 fully saturated rings. The lowest BCUT2D eigenvalue weighted by molar-refractivity contribution is 1.29. The molecule has 0 atom stereocenters. The van der Waals surface area contributed by atoms with E-state index in [2.05, 4.69) is 4.98 Å². The van der Waals surface area contributed by atoms with E-state index in [1.807, 2.05) is 27.1 Å². The smallest absolute Gasteiger partial charge is 0.153 e. The third-order valence-corrected chi connectivity index (χ3v) is 1.40. The Bertz CT molecular complexity index is 235. The summed E-state index contributed by atoms with van der Waals surface area (Å²) in [4.78, 5) is 4.00. The fourth-order valence-electron chi connectivity index (χ4n) is 0.834. The molecule has 10 heavy (non-hydrogen) atoms. The van der Waals surface area contributed by atoms with Crippen molar-refractivity contribution in [3.05, 3.63) is 17.8 Å². The number of aryl methyl sites for hydroxylation is 1. The molecule has 0 saturated carbocycles. The third kappa shape index (κ3) is 1.29. The van der Waals surface area contributed by atoms with Crippen LogP contribution in [0.2, 0.25) is 6.82 Å². The molecule has 0 aliphatic carbocycles. The first-order chi connectivity index (χ1) is 4.74. The second-order valence-electron chi connectivity index (χ2n) is 2.28. The predicted molar refractivity (Wildman–Crippen MR) is 44.6 cm³/mol. The fourth-order valence-corrected chi connectivity index (χ4v) is 0.834. The van der Waals surface area contributed by atoms with Gasteiger partial charge >= 0.3 is 0 Å². The van der Waals surface area contributed by atoms with Gasteiger partial charge in [-0.05, 0) is 17.9 Å². The molecule has 0 amide bonds. The molecular formula is C7H10BN2. The van der Waals surface area contributed by atoms with E-state index in [1.165, 1.54) is 0 Å². The van der Waals surface area contributed by atoms with Crippen LogP contribution in [0.25, 0.3) is 0 Å². The van der Waals surface area contributed by atoms with Gasteiger partial charge in [-0.25, -0.2) is 4.98 Å². The molecule has 1 radical (unpaired) electrons. The second-order valence-corrected chi connectivity index (χ2v) is 2.28. The van der Waals surface area contributed by atoms with Gasteiger partial charge in [0.2, 0.25) is 0 Å². The van der Waals surface area contributed by atoms with Gasteiger partial charge in [-0.15, -0.1) is 0 Å². The minimum absolute atomic E-state index is 0.605. The van der Waals surface area contributed by atoms with Crippen LogP contribution in [0, 0.1) is 6.92 Å². The van der Waals surface area contributed by atoms with Gasteiger partial charge in [0, 0.05) is 6.20 Å². The van der Waals surface area contributed by atoms with Gasteiger partial charge in [0.05, 0.1) is 0 Å². The van der Waals surface area contributed by atoms with Gasteiger partial charge in [0.1, 0.15) is 5.82 Å². The Kier molecular flexibility index (Phi) is 1.95. The summed E-state index contributed by atoms with van der Waals surface area (Å²) >= 11 is 0. The van der Waals surface area contributed by atoms with Crippen LogP contribution < -0.4 is 11.2 Å². The summed E-state index contributed by atoms with van der Waals surface area (Å²) in [6.45, 7) is 3.95. The predicted octanol–water partition coefficient (Wildman–Crippen LogP) is 0.350. The number of aromatic nitrogens is 1. The first-order valence-corrected chi connectivity index (χ1v) is 3.25. The highest BCUT2D eigenvalue weighted by Crippen LogP contribution is 1.95. The van der Waals surface area contributed by atoms with E-state index in [-0.39, 0.29) is 0 Å². The molecule has 0 bridgehead atoms. The van der Waals surface area contributed by atoms with Gasteiger partial charge in [0.25, 0.3) is 0 Å². The molecule has 2 nitrogen and oxygen atoms in total. The van der Waals surface area contributed by atoms with E-state index in [0.717, 1.165) is 11.0 Å². The van der Waals surface area contributed by atoms with Crippen LogP contribution in [-0.2, 0) is 0 Å². The van der Waals surface area contributed by atoms with Crippen LogP contribution in [0.5, 0.6) is 0 Å². The van der Waals surface area contributed by atoms with Crippen LogP contribution in [0.1, 0.15) is 5.56 Å². The summed E-state index contributed by atoms with van der Waals surface area (Å²) in [6.07, 6.45) is 1.77. The van der Waals surface area contributed by atoms with Crippen LogP contribution in [0.4, 0.5) is 5.82 Å². The van der Waals surface area contributed by atoms with Crippen molar-refractivity contribution in [1.29, 1.82) is 0 Å². The Balaban J connectivity index is 3.09. The number of anilines is 1. The zero-order chi connectivity index (χ0) is 7.56. The minimum atomic E-state index is 0.605. The molecule has 0 unspecified atom stereocenters. The molecule has 1 rings (SSSR count). The first kappa shape index (κ1) is 7.13. The highest BCUT2D eigenvalue weighted by atomic mass is 14.8. The normalized spacial score (nSPS) is 9.40. The summed E-state index contributed by atoms with van der Waals surface area (Å²) in [5, 5.41) is 0. The lowest BCUT2D eigenvalue weighted by Gasteiger charge is -2.00. The minimum Gasteiger partial charge on any atom is -0.384 e. The maximum Gasteiger partial charge on any atom is 0.153 e. The van der Waals surface area contributed by atoms with E-state index in [9.17, 15) is 0 Å². The first-order valence-electron chi connectivity index (χ1n) is 3.25. The van der Waals surface area contributed by atoms with Crippen molar-refractivity contribution in [1.82, 2.24) is 4.98 Å². The summed E-state index contributed by atoms with van der Waals surface area (Å²) in [6, 6.07) is 2.02. The van der Waals surface area contributed by atoms with Crippen molar-refractivity contribution in [2.45, 2.75) is 13.7 Å². The number of nitrogens with two attached hydrogens (primary N) is 1. The average Bonchev–Trinajstić information content (AvgIpc) is 1.94. The number of nitrogens with zero attached hydrogens (tertiary/aromatic N) is 1. The molecule has 1 heterocycles. The van der Waals surface area contributed by atoms with E-state index in [4.69, 9.17) is 5.73 Å². The fraction of sp³-hybridized carbons (Fsp3) is 0.286. The molecule has 1 aromatic rings. The molecule has 51 valence electrons. The van der Waals surface area contributed by atoms with Gasteiger partial charge in [0.15, 0.2) is 7.28 Å².